The Morgan fingerprint density at radius 1 is 0.833 bits per heavy atom. The van der Waals surface area contributed by atoms with Gasteiger partial charge in [-0.15, -0.1) is 0 Å². The van der Waals surface area contributed by atoms with Gasteiger partial charge in [0.1, 0.15) is 6.04 Å². The van der Waals surface area contributed by atoms with E-state index in [4.69, 9.17) is 9.79 Å². The maximum absolute atomic E-state index is 8.97. The van der Waals surface area contributed by atoms with E-state index in [1.807, 2.05) is 60.7 Å². The van der Waals surface area contributed by atoms with Crippen LogP contribution in [0.2, 0.25) is 0 Å². The maximum atomic E-state index is 8.97. The Kier molecular flexibility index (Phi) is 4.59. The molecule has 0 atom stereocenters. The molecule has 0 unspecified atom stereocenters. The molecule has 0 fully saturated rings. The molecule has 92 valence electrons. The largest absolute Gasteiger partial charge is 0.346 e. The first-order valence-electron chi connectivity index (χ1n) is 5.57. The maximum Gasteiger partial charge on any atom is 0.211 e. The zero-order chi connectivity index (χ0) is 12.8. The molecular weight excluding hydrogens is 245 g/mol. The minimum absolute atomic E-state index is 0.198. The highest BCUT2D eigenvalue weighted by Gasteiger charge is 2.11. The fourth-order valence-corrected chi connectivity index (χ4v) is 2.01. The van der Waals surface area contributed by atoms with E-state index in [-0.39, 0.29) is 6.04 Å². The highest BCUT2D eigenvalue weighted by Crippen LogP contribution is 2.28. The summed E-state index contributed by atoms with van der Waals surface area (Å²) < 4.78 is 0. The van der Waals surface area contributed by atoms with Crippen LogP contribution in [0.15, 0.2) is 65.7 Å². The Hall–Kier alpha value is -1.54. The van der Waals surface area contributed by atoms with Crippen LogP contribution >= 0.6 is 8.38 Å². The van der Waals surface area contributed by atoms with Gasteiger partial charge >= 0.3 is 0 Å². The van der Waals surface area contributed by atoms with Crippen LogP contribution in [0.4, 0.5) is 0 Å². The normalized spacial score (nSPS) is 11.6. The van der Waals surface area contributed by atoms with Gasteiger partial charge in [0.15, 0.2) is 0 Å². The van der Waals surface area contributed by atoms with Gasteiger partial charge in [0.05, 0.1) is 5.96 Å². The van der Waals surface area contributed by atoms with Gasteiger partial charge in [0, 0.05) is 0 Å². The summed E-state index contributed by atoms with van der Waals surface area (Å²) in [6, 6.07) is 19.4. The van der Waals surface area contributed by atoms with Gasteiger partial charge in [-0.25, -0.2) is 0 Å². The SMILES string of the molecule is OP(O)C=NC(c1ccccc1)c1ccccc1. The summed E-state index contributed by atoms with van der Waals surface area (Å²) in [4.78, 5) is 22.2. The van der Waals surface area contributed by atoms with E-state index in [0.717, 1.165) is 11.1 Å². The summed E-state index contributed by atoms with van der Waals surface area (Å²) in [6.45, 7) is 0. The van der Waals surface area contributed by atoms with Crippen molar-refractivity contribution in [2.75, 3.05) is 0 Å². The van der Waals surface area contributed by atoms with Crippen molar-refractivity contribution in [3.63, 3.8) is 0 Å². The van der Waals surface area contributed by atoms with Gasteiger partial charge in [0.25, 0.3) is 0 Å². The van der Waals surface area contributed by atoms with Crippen molar-refractivity contribution in [2.45, 2.75) is 6.04 Å². The molecule has 2 aromatic rings. The Labute approximate surface area is 107 Å². The Morgan fingerprint density at radius 2 is 1.28 bits per heavy atom. The van der Waals surface area contributed by atoms with Crippen molar-refractivity contribution < 1.29 is 9.79 Å². The molecule has 2 rings (SSSR count). The lowest BCUT2D eigenvalue weighted by Gasteiger charge is -2.13. The Balaban J connectivity index is 2.35. The number of hydrogen-bond donors (Lipinski definition) is 2. The van der Waals surface area contributed by atoms with Crippen molar-refractivity contribution >= 4 is 14.3 Å². The van der Waals surface area contributed by atoms with Crippen LogP contribution < -0.4 is 0 Å². The third kappa shape index (κ3) is 3.47. The molecule has 0 heterocycles. The molecule has 0 aromatic heterocycles. The summed E-state index contributed by atoms with van der Waals surface area (Å²) in [7, 11) is -2.11. The molecule has 0 spiro atoms. The van der Waals surface area contributed by atoms with Crippen LogP contribution in [0.5, 0.6) is 0 Å². The van der Waals surface area contributed by atoms with E-state index in [1.54, 1.807) is 0 Å². The van der Waals surface area contributed by atoms with Crippen molar-refractivity contribution in [3.05, 3.63) is 71.8 Å². The molecule has 0 aliphatic carbocycles. The molecule has 2 aromatic carbocycles. The second-order valence-corrected chi connectivity index (χ2v) is 4.68. The monoisotopic (exact) mass is 259 g/mol. The molecule has 0 aliphatic heterocycles. The lowest BCUT2D eigenvalue weighted by molar-refractivity contribution is 0.501. The van der Waals surface area contributed by atoms with E-state index in [2.05, 4.69) is 4.99 Å². The van der Waals surface area contributed by atoms with E-state index in [9.17, 15) is 0 Å². The van der Waals surface area contributed by atoms with Crippen LogP contribution in [-0.4, -0.2) is 15.7 Å². The van der Waals surface area contributed by atoms with Crippen molar-refractivity contribution in [1.82, 2.24) is 0 Å². The summed E-state index contributed by atoms with van der Waals surface area (Å²) in [5.41, 5.74) is 2.05. The van der Waals surface area contributed by atoms with Gasteiger partial charge < -0.3 is 9.79 Å². The van der Waals surface area contributed by atoms with Gasteiger partial charge in [-0.1, -0.05) is 60.7 Å². The van der Waals surface area contributed by atoms with E-state index in [1.165, 1.54) is 5.96 Å². The van der Waals surface area contributed by atoms with E-state index < -0.39 is 8.38 Å². The first-order chi connectivity index (χ1) is 8.77. The molecule has 3 nitrogen and oxygen atoms in total. The average molecular weight is 259 g/mol. The molecular formula is C14H14NO2P. The molecule has 0 saturated heterocycles. The van der Waals surface area contributed by atoms with Crippen LogP contribution in [-0.2, 0) is 0 Å². The fourth-order valence-electron chi connectivity index (χ4n) is 1.76. The van der Waals surface area contributed by atoms with E-state index >= 15 is 0 Å². The highest BCUT2D eigenvalue weighted by molar-refractivity contribution is 7.61. The lowest BCUT2D eigenvalue weighted by atomic mass is 10.00. The average Bonchev–Trinajstić information content (AvgIpc) is 2.41. The number of aliphatic imine (C=N–C) groups is 1. The van der Waals surface area contributed by atoms with Gasteiger partial charge in [-0.2, -0.15) is 0 Å². The van der Waals surface area contributed by atoms with Crippen LogP contribution in [0, 0.1) is 0 Å². The number of benzene rings is 2. The zero-order valence-electron chi connectivity index (χ0n) is 9.72. The molecule has 0 radical (unpaired) electrons. The van der Waals surface area contributed by atoms with Gasteiger partial charge in [-0.3, -0.25) is 4.99 Å². The number of rotatable bonds is 4. The highest BCUT2D eigenvalue weighted by atomic mass is 31.2. The molecule has 2 N–H and O–H groups in total. The van der Waals surface area contributed by atoms with Gasteiger partial charge in [0.2, 0.25) is 8.38 Å². The zero-order valence-corrected chi connectivity index (χ0v) is 10.6. The van der Waals surface area contributed by atoms with Gasteiger partial charge in [-0.05, 0) is 11.1 Å². The second kappa shape index (κ2) is 6.41. The van der Waals surface area contributed by atoms with Crippen LogP contribution in [0.3, 0.4) is 0 Å². The number of nitrogens with zero attached hydrogens (tertiary/aromatic N) is 1. The number of hydrogen-bond acceptors (Lipinski definition) is 3. The van der Waals surface area contributed by atoms with Crippen molar-refractivity contribution in [3.8, 4) is 0 Å². The minimum Gasteiger partial charge on any atom is -0.346 e. The molecule has 18 heavy (non-hydrogen) atoms. The van der Waals surface area contributed by atoms with Crippen molar-refractivity contribution in [1.29, 1.82) is 0 Å². The summed E-state index contributed by atoms with van der Waals surface area (Å²) in [5.74, 6) is 1.21. The quantitative estimate of drug-likeness (QED) is 0.654. The topological polar surface area (TPSA) is 52.8 Å². The van der Waals surface area contributed by atoms with Crippen LogP contribution in [0.25, 0.3) is 0 Å². The summed E-state index contributed by atoms with van der Waals surface area (Å²) in [5, 5.41) is 0. The second-order valence-electron chi connectivity index (χ2n) is 3.81. The summed E-state index contributed by atoms with van der Waals surface area (Å²) >= 11 is 0. The third-order valence-corrected chi connectivity index (χ3v) is 2.89. The minimum atomic E-state index is -2.11. The molecule has 0 bridgehead atoms. The smallest absolute Gasteiger partial charge is 0.211 e. The molecule has 0 saturated carbocycles. The van der Waals surface area contributed by atoms with Crippen LogP contribution in [0.1, 0.15) is 17.2 Å². The predicted molar refractivity (Wildman–Crippen MR) is 74.6 cm³/mol. The van der Waals surface area contributed by atoms with E-state index in [0.29, 0.717) is 0 Å². The lowest BCUT2D eigenvalue weighted by Crippen LogP contribution is -1.98. The predicted octanol–water partition coefficient (Wildman–Crippen LogP) is 3.10. The standard InChI is InChI=1S/C14H14NO2P/c16-18(17)11-15-14(12-7-3-1-4-8-12)13-9-5-2-6-10-13/h1-11,14,16-17H. The first-order valence-corrected chi connectivity index (χ1v) is 6.89. The third-order valence-electron chi connectivity index (χ3n) is 2.55. The van der Waals surface area contributed by atoms with Crippen molar-refractivity contribution in [2.24, 2.45) is 4.99 Å². The fraction of sp³-hybridized carbons (Fsp3) is 0.0714. The molecule has 0 amide bonds. The summed E-state index contributed by atoms with van der Waals surface area (Å²) in [6.07, 6.45) is 0. The Bertz CT molecular complexity index is 460. The molecule has 0 aliphatic rings. The molecule has 4 heteroatoms. The first kappa shape index (κ1) is 12.9. The Morgan fingerprint density at radius 3 is 1.67 bits per heavy atom.